The van der Waals surface area contributed by atoms with Crippen molar-refractivity contribution in [3.05, 3.63) is 108 Å². The number of esters is 1. The second kappa shape index (κ2) is 7.12. The Hall–Kier alpha value is -3.33. The lowest BCUT2D eigenvalue weighted by Gasteiger charge is -2.24. The van der Waals surface area contributed by atoms with Gasteiger partial charge in [-0.3, -0.25) is 4.79 Å². The molecule has 0 amide bonds. The molecule has 1 heterocycles. The molecule has 0 radical (unpaired) electrons. The van der Waals surface area contributed by atoms with Gasteiger partial charge in [0, 0.05) is 5.56 Å². The topological polar surface area (TPSA) is 35.5 Å². The third-order valence-corrected chi connectivity index (χ3v) is 4.93. The van der Waals surface area contributed by atoms with Gasteiger partial charge in [0.1, 0.15) is 16.9 Å². The van der Waals surface area contributed by atoms with Crippen LogP contribution in [-0.2, 0) is 21.4 Å². The number of ether oxygens (including phenoxy) is 2. The van der Waals surface area contributed by atoms with Gasteiger partial charge < -0.3 is 9.47 Å². The molecule has 1 aliphatic rings. The van der Waals surface area contributed by atoms with E-state index in [9.17, 15) is 4.79 Å². The zero-order chi connectivity index (χ0) is 18.7. The second-order valence-electron chi connectivity index (χ2n) is 6.63. The quantitative estimate of drug-likeness (QED) is 0.618. The molecule has 0 aliphatic carbocycles. The van der Waals surface area contributed by atoms with Crippen molar-refractivity contribution >= 4 is 11.7 Å². The number of hydrogen-bond donors (Lipinski definition) is 0. The summed E-state index contributed by atoms with van der Waals surface area (Å²) in [4.78, 5) is 13.1. The molecule has 0 aromatic heterocycles. The van der Waals surface area contributed by atoms with Crippen molar-refractivity contribution in [2.75, 3.05) is 7.11 Å². The minimum absolute atomic E-state index is 0.254. The lowest BCUT2D eigenvalue weighted by atomic mass is 9.76. The van der Waals surface area contributed by atoms with Gasteiger partial charge in [0.25, 0.3) is 0 Å². The fourth-order valence-corrected chi connectivity index (χ4v) is 3.48. The molecular formula is C24H20O3. The maximum absolute atomic E-state index is 13.1. The molecular weight excluding hydrogens is 336 g/mol. The molecule has 0 saturated heterocycles. The van der Waals surface area contributed by atoms with Crippen LogP contribution < -0.4 is 4.74 Å². The Labute approximate surface area is 158 Å². The van der Waals surface area contributed by atoms with E-state index >= 15 is 0 Å². The van der Waals surface area contributed by atoms with Gasteiger partial charge in [-0.2, -0.15) is 0 Å². The average molecular weight is 356 g/mol. The van der Waals surface area contributed by atoms with Gasteiger partial charge in [0.05, 0.1) is 7.11 Å². The number of hydrogen-bond acceptors (Lipinski definition) is 3. The molecule has 1 aliphatic heterocycles. The van der Waals surface area contributed by atoms with E-state index in [0.717, 1.165) is 22.4 Å². The number of methoxy groups -OCH3 is 1. The highest BCUT2D eigenvalue weighted by Gasteiger charge is 2.46. The predicted octanol–water partition coefficient (Wildman–Crippen LogP) is 4.77. The first kappa shape index (κ1) is 17.1. The van der Waals surface area contributed by atoms with Crippen molar-refractivity contribution in [3.63, 3.8) is 0 Å². The number of rotatable bonds is 5. The summed E-state index contributed by atoms with van der Waals surface area (Å²) in [6.07, 6.45) is 2.49. The third-order valence-electron chi connectivity index (χ3n) is 4.93. The molecule has 4 rings (SSSR count). The number of carbonyl (C=O) groups excluding carboxylic acids is 1. The van der Waals surface area contributed by atoms with E-state index in [1.807, 2.05) is 91.0 Å². The van der Waals surface area contributed by atoms with Crippen molar-refractivity contribution < 1.29 is 14.3 Å². The molecule has 134 valence electrons. The zero-order valence-electron chi connectivity index (χ0n) is 15.1. The second-order valence-corrected chi connectivity index (χ2v) is 6.63. The molecule has 0 bridgehead atoms. The normalized spacial score (nSPS) is 18.7. The van der Waals surface area contributed by atoms with Gasteiger partial charge in [-0.25, -0.2) is 0 Å². The zero-order valence-corrected chi connectivity index (χ0v) is 15.1. The molecule has 3 aromatic rings. The molecule has 3 heteroatoms. The minimum atomic E-state index is -0.862. The van der Waals surface area contributed by atoms with Crippen LogP contribution in [-0.4, -0.2) is 13.1 Å². The Bertz CT molecular complexity index is 960. The SMILES string of the molecule is COc1ccc(C2(Cc3ccccc3)C=C(c3ccccc3)OC2=O)cc1. The first-order valence-corrected chi connectivity index (χ1v) is 8.90. The maximum atomic E-state index is 13.1. The van der Waals surface area contributed by atoms with Crippen LogP contribution in [0.2, 0.25) is 0 Å². The summed E-state index contributed by atoms with van der Waals surface area (Å²) in [5, 5.41) is 0. The highest BCUT2D eigenvalue weighted by Crippen LogP contribution is 2.41. The van der Waals surface area contributed by atoms with E-state index in [4.69, 9.17) is 9.47 Å². The Morgan fingerprint density at radius 3 is 2.11 bits per heavy atom. The number of cyclic esters (lactones) is 1. The predicted molar refractivity (Wildman–Crippen MR) is 105 cm³/mol. The monoisotopic (exact) mass is 356 g/mol. The van der Waals surface area contributed by atoms with E-state index in [0.29, 0.717) is 12.2 Å². The molecule has 0 N–H and O–H groups in total. The molecule has 0 saturated carbocycles. The maximum Gasteiger partial charge on any atom is 0.326 e. The third kappa shape index (κ3) is 3.24. The van der Waals surface area contributed by atoms with Crippen LogP contribution in [0.5, 0.6) is 5.75 Å². The number of carbonyl (C=O) groups is 1. The molecule has 3 aromatic carbocycles. The molecule has 27 heavy (non-hydrogen) atoms. The fourth-order valence-electron chi connectivity index (χ4n) is 3.48. The van der Waals surface area contributed by atoms with Gasteiger partial charge in [-0.05, 0) is 35.8 Å². The summed E-state index contributed by atoms with van der Waals surface area (Å²) in [6.45, 7) is 0. The van der Waals surface area contributed by atoms with Gasteiger partial charge in [-0.1, -0.05) is 72.8 Å². The molecule has 0 fully saturated rings. The van der Waals surface area contributed by atoms with Crippen LogP contribution >= 0.6 is 0 Å². The van der Waals surface area contributed by atoms with Crippen LogP contribution in [0.15, 0.2) is 91.0 Å². The molecule has 1 unspecified atom stereocenters. The highest BCUT2D eigenvalue weighted by atomic mass is 16.5. The highest BCUT2D eigenvalue weighted by molar-refractivity contribution is 5.96. The van der Waals surface area contributed by atoms with Crippen molar-refractivity contribution in [2.24, 2.45) is 0 Å². The van der Waals surface area contributed by atoms with E-state index in [2.05, 4.69) is 0 Å². The van der Waals surface area contributed by atoms with E-state index in [1.165, 1.54) is 0 Å². The van der Waals surface area contributed by atoms with E-state index in [-0.39, 0.29) is 5.97 Å². The molecule has 0 spiro atoms. The van der Waals surface area contributed by atoms with Crippen molar-refractivity contribution in [1.29, 1.82) is 0 Å². The van der Waals surface area contributed by atoms with Crippen molar-refractivity contribution in [1.82, 2.24) is 0 Å². The van der Waals surface area contributed by atoms with E-state index < -0.39 is 5.41 Å². The molecule has 1 atom stereocenters. The summed E-state index contributed by atoms with van der Waals surface area (Å²) in [7, 11) is 1.63. The summed E-state index contributed by atoms with van der Waals surface area (Å²) < 4.78 is 11.0. The van der Waals surface area contributed by atoms with Gasteiger partial charge in [0.15, 0.2) is 0 Å². The Morgan fingerprint density at radius 2 is 1.48 bits per heavy atom. The van der Waals surface area contributed by atoms with Crippen molar-refractivity contribution in [3.8, 4) is 5.75 Å². The summed E-state index contributed by atoms with van der Waals surface area (Å²) in [5.74, 6) is 1.11. The first-order chi connectivity index (χ1) is 13.2. The fraction of sp³-hybridized carbons (Fsp3) is 0.125. The summed E-state index contributed by atoms with van der Waals surface area (Å²) in [5.41, 5.74) is 2.01. The average Bonchev–Trinajstić information content (AvgIpc) is 3.07. The van der Waals surface area contributed by atoms with Gasteiger partial charge >= 0.3 is 5.97 Å². The summed E-state index contributed by atoms with van der Waals surface area (Å²) in [6, 6.07) is 27.4. The molecule has 3 nitrogen and oxygen atoms in total. The lowest BCUT2D eigenvalue weighted by Crippen LogP contribution is -2.33. The smallest absolute Gasteiger partial charge is 0.326 e. The Kier molecular flexibility index (Phi) is 4.51. The van der Waals surface area contributed by atoms with Crippen molar-refractivity contribution in [2.45, 2.75) is 11.8 Å². The Morgan fingerprint density at radius 1 is 0.852 bits per heavy atom. The van der Waals surface area contributed by atoms with Crippen LogP contribution in [0.4, 0.5) is 0 Å². The van der Waals surface area contributed by atoms with Gasteiger partial charge in [0.2, 0.25) is 0 Å². The van der Waals surface area contributed by atoms with Crippen LogP contribution in [0, 0.1) is 0 Å². The number of benzene rings is 3. The summed E-state index contributed by atoms with van der Waals surface area (Å²) >= 11 is 0. The van der Waals surface area contributed by atoms with E-state index in [1.54, 1.807) is 7.11 Å². The largest absolute Gasteiger partial charge is 0.497 e. The van der Waals surface area contributed by atoms with Crippen LogP contribution in [0.3, 0.4) is 0 Å². The standard InChI is InChI=1S/C24H20O3/c1-26-21-14-12-20(13-15-21)24(16-18-8-4-2-5-9-18)17-22(27-23(24)25)19-10-6-3-7-11-19/h2-15,17H,16H2,1H3. The lowest BCUT2D eigenvalue weighted by molar-refractivity contribution is -0.139. The Balaban J connectivity index is 1.82. The van der Waals surface area contributed by atoms with Crippen LogP contribution in [0.1, 0.15) is 16.7 Å². The van der Waals surface area contributed by atoms with Gasteiger partial charge in [-0.15, -0.1) is 0 Å². The minimum Gasteiger partial charge on any atom is -0.497 e. The first-order valence-electron chi connectivity index (χ1n) is 8.90. The van der Waals surface area contributed by atoms with Crippen LogP contribution in [0.25, 0.3) is 5.76 Å².